The normalized spacial score (nSPS) is 19.5. The highest BCUT2D eigenvalue weighted by Gasteiger charge is 2.44. The molecule has 1 amide bonds. The number of hydrogen-bond donors (Lipinski definition) is 6. The molecule has 1 fully saturated rings. The summed E-state index contributed by atoms with van der Waals surface area (Å²) < 4.78 is 16.7. The van der Waals surface area contributed by atoms with Crippen molar-refractivity contribution in [2.45, 2.75) is 307 Å². The molecule has 0 aliphatic carbocycles. The number of aliphatic hydroxyl groups excluding tert-OH is 5. The van der Waals surface area contributed by atoms with Gasteiger partial charge in [-0.3, -0.25) is 9.59 Å². The van der Waals surface area contributed by atoms with Gasteiger partial charge in [0.1, 0.15) is 24.4 Å². The average molecular weight is 966 g/mol. The lowest BCUT2D eigenvalue weighted by Gasteiger charge is -2.40. The molecule has 1 rings (SSSR count). The van der Waals surface area contributed by atoms with Gasteiger partial charge in [0.2, 0.25) is 5.91 Å². The Kier molecular flexibility index (Phi) is 44.8. The predicted molar refractivity (Wildman–Crippen MR) is 278 cm³/mol. The van der Waals surface area contributed by atoms with E-state index in [1.807, 2.05) is 6.08 Å². The van der Waals surface area contributed by atoms with Crippen molar-refractivity contribution in [2.24, 2.45) is 0 Å². The molecule has 7 unspecified atom stereocenters. The first-order valence-corrected chi connectivity index (χ1v) is 28.6. The van der Waals surface area contributed by atoms with Gasteiger partial charge in [0.15, 0.2) is 6.29 Å². The van der Waals surface area contributed by atoms with Crippen LogP contribution in [0.3, 0.4) is 0 Å². The Labute approximate surface area is 416 Å². The van der Waals surface area contributed by atoms with Crippen molar-refractivity contribution < 1.29 is 49.3 Å². The van der Waals surface area contributed by atoms with E-state index >= 15 is 0 Å². The van der Waals surface area contributed by atoms with Gasteiger partial charge in [0, 0.05) is 12.8 Å². The molecule has 1 aliphatic heterocycles. The van der Waals surface area contributed by atoms with Crippen molar-refractivity contribution in [3.05, 3.63) is 24.3 Å². The zero-order valence-corrected chi connectivity index (χ0v) is 43.8. The zero-order chi connectivity index (χ0) is 49.6. The summed E-state index contributed by atoms with van der Waals surface area (Å²) in [6.45, 7) is 4.28. The summed E-state index contributed by atoms with van der Waals surface area (Å²) in [4.78, 5) is 25.0. The van der Waals surface area contributed by atoms with E-state index in [4.69, 9.17) is 14.2 Å². The molecular weight excluding hydrogens is 859 g/mol. The van der Waals surface area contributed by atoms with Crippen molar-refractivity contribution in [1.29, 1.82) is 0 Å². The van der Waals surface area contributed by atoms with Crippen LogP contribution in [0.5, 0.6) is 0 Å². The van der Waals surface area contributed by atoms with Gasteiger partial charge in [0.05, 0.1) is 32.0 Å². The number of amides is 1. The number of hydrogen-bond acceptors (Lipinski definition) is 10. The predicted octanol–water partition coefficient (Wildman–Crippen LogP) is 12.6. The highest BCUT2D eigenvalue weighted by Crippen LogP contribution is 2.23. The molecule has 0 aromatic carbocycles. The van der Waals surface area contributed by atoms with E-state index < -0.39 is 49.5 Å². The fourth-order valence-corrected chi connectivity index (χ4v) is 8.96. The van der Waals surface area contributed by atoms with Gasteiger partial charge in [-0.2, -0.15) is 0 Å². The topological polar surface area (TPSA) is 175 Å². The van der Waals surface area contributed by atoms with Gasteiger partial charge in [0.25, 0.3) is 0 Å². The fourth-order valence-electron chi connectivity index (χ4n) is 8.96. The van der Waals surface area contributed by atoms with Crippen molar-refractivity contribution in [2.75, 3.05) is 19.8 Å². The van der Waals surface area contributed by atoms with Crippen molar-refractivity contribution in [1.82, 2.24) is 5.32 Å². The molecule has 0 saturated carbocycles. The Balaban J connectivity index is 2.05. The van der Waals surface area contributed by atoms with E-state index in [9.17, 15) is 35.1 Å². The van der Waals surface area contributed by atoms with Gasteiger partial charge in [-0.25, -0.2) is 0 Å². The molecule has 6 N–H and O–H groups in total. The summed E-state index contributed by atoms with van der Waals surface area (Å²) in [7, 11) is 0. The summed E-state index contributed by atoms with van der Waals surface area (Å²) in [6, 6.07) is -0.813. The molecule has 7 atom stereocenters. The number of rotatable bonds is 49. The molecular formula is C57H107NO10. The maximum atomic E-state index is 13.0. The van der Waals surface area contributed by atoms with Crippen LogP contribution in [0.2, 0.25) is 0 Å². The molecule has 0 aromatic heterocycles. The molecule has 1 aliphatic rings. The molecule has 1 saturated heterocycles. The SMILES string of the molecule is CCCCCCCC/C=C\CCCCCCCC(=O)OCCCCCCCCCCCCCCCCCCC(=O)NC(COC1OC(CO)C(O)C(O)C1O)C(O)/C=C/CCCCCCCCC. The number of carbonyl (C=O) groups is 2. The number of carbonyl (C=O) groups excluding carboxylic acids is 2. The van der Waals surface area contributed by atoms with Gasteiger partial charge in [-0.1, -0.05) is 218 Å². The standard InChI is InChI=1S/C57H107NO10/c1-3-5-7-9-11-13-14-15-18-22-25-29-33-37-41-45-53(62)66-46-42-38-34-30-26-23-20-17-16-19-21-24-28-32-36-40-44-52(61)58-49(50(60)43-39-35-31-27-12-10-8-6-4-2)48-67-57-56(65)55(64)54(63)51(47-59)68-57/h15,18,39,43,49-51,54-57,59-60,63-65H,3-14,16-17,19-38,40-42,44-48H2,1-2H3,(H,58,61)/b18-15-,43-39+. The number of ether oxygens (including phenoxy) is 3. The molecule has 0 spiro atoms. The summed E-state index contributed by atoms with van der Waals surface area (Å²) in [5.74, 6) is -0.214. The zero-order valence-electron chi connectivity index (χ0n) is 43.8. The minimum Gasteiger partial charge on any atom is -0.466 e. The van der Waals surface area contributed by atoms with Gasteiger partial charge >= 0.3 is 5.97 Å². The van der Waals surface area contributed by atoms with Crippen molar-refractivity contribution in [3.8, 4) is 0 Å². The van der Waals surface area contributed by atoms with Gasteiger partial charge in [-0.05, 0) is 57.8 Å². The number of nitrogens with one attached hydrogen (secondary N) is 1. The lowest BCUT2D eigenvalue weighted by molar-refractivity contribution is -0.302. The maximum Gasteiger partial charge on any atom is 0.305 e. The minimum atomic E-state index is -1.57. The number of unbranched alkanes of at least 4 members (excludes halogenated alkanes) is 33. The monoisotopic (exact) mass is 966 g/mol. The van der Waals surface area contributed by atoms with E-state index in [0.29, 0.717) is 19.4 Å². The van der Waals surface area contributed by atoms with E-state index in [1.54, 1.807) is 6.08 Å². The first-order chi connectivity index (χ1) is 33.2. The Morgan fingerprint density at radius 1 is 0.529 bits per heavy atom. The summed E-state index contributed by atoms with van der Waals surface area (Å²) in [5.41, 5.74) is 0. The van der Waals surface area contributed by atoms with Crippen LogP contribution in [0.15, 0.2) is 24.3 Å². The first kappa shape index (κ1) is 64.2. The largest absolute Gasteiger partial charge is 0.466 e. The second kappa shape index (κ2) is 47.5. The van der Waals surface area contributed by atoms with E-state index in [2.05, 4.69) is 31.3 Å². The lowest BCUT2D eigenvalue weighted by Crippen LogP contribution is -2.60. The summed E-state index contributed by atoms with van der Waals surface area (Å²) in [5, 5.41) is 54.2. The Morgan fingerprint density at radius 2 is 0.941 bits per heavy atom. The third kappa shape index (κ3) is 37.0. The second-order valence-electron chi connectivity index (χ2n) is 20.0. The van der Waals surface area contributed by atoms with Crippen LogP contribution in [0.25, 0.3) is 0 Å². The molecule has 1 heterocycles. The third-order valence-corrected chi connectivity index (χ3v) is 13.6. The molecule has 11 nitrogen and oxygen atoms in total. The quantitative estimate of drug-likeness (QED) is 0.0196. The Hall–Kier alpha value is -1.86. The van der Waals surface area contributed by atoms with Crippen LogP contribution < -0.4 is 5.32 Å². The number of allylic oxidation sites excluding steroid dienone is 3. The Bertz CT molecular complexity index is 1180. The summed E-state index contributed by atoms with van der Waals surface area (Å²) >= 11 is 0. The summed E-state index contributed by atoms with van der Waals surface area (Å²) in [6.07, 6.45) is 45.5. The van der Waals surface area contributed by atoms with Crippen LogP contribution >= 0.6 is 0 Å². The van der Waals surface area contributed by atoms with Crippen LogP contribution in [-0.4, -0.2) is 100 Å². The highest BCUT2D eigenvalue weighted by atomic mass is 16.7. The minimum absolute atomic E-state index is 0.0229. The number of aliphatic hydroxyl groups is 5. The van der Waals surface area contributed by atoms with Crippen LogP contribution in [0.4, 0.5) is 0 Å². The lowest BCUT2D eigenvalue weighted by atomic mass is 9.99. The number of esters is 1. The first-order valence-electron chi connectivity index (χ1n) is 28.6. The van der Waals surface area contributed by atoms with Gasteiger partial charge < -0.3 is 45.1 Å². The van der Waals surface area contributed by atoms with E-state index in [0.717, 1.165) is 70.6 Å². The second-order valence-corrected chi connectivity index (χ2v) is 20.0. The van der Waals surface area contributed by atoms with Crippen molar-refractivity contribution >= 4 is 11.9 Å². The van der Waals surface area contributed by atoms with Gasteiger partial charge in [-0.15, -0.1) is 0 Å². The molecule has 400 valence electrons. The van der Waals surface area contributed by atoms with E-state index in [1.165, 1.54) is 167 Å². The van der Waals surface area contributed by atoms with E-state index in [-0.39, 0.29) is 18.5 Å². The third-order valence-electron chi connectivity index (χ3n) is 13.6. The fraction of sp³-hybridized carbons (Fsp3) is 0.895. The van der Waals surface area contributed by atoms with Crippen molar-refractivity contribution in [3.63, 3.8) is 0 Å². The maximum absolute atomic E-state index is 13.0. The van der Waals surface area contributed by atoms with Crippen LogP contribution in [0, 0.1) is 0 Å². The molecule has 11 heteroatoms. The van der Waals surface area contributed by atoms with Crippen LogP contribution in [0.1, 0.15) is 264 Å². The molecule has 0 bridgehead atoms. The molecule has 0 aromatic rings. The molecule has 68 heavy (non-hydrogen) atoms. The average Bonchev–Trinajstić information content (AvgIpc) is 3.33. The molecule has 0 radical (unpaired) electrons. The Morgan fingerprint density at radius 3 is 1.41 bits per heavy atom. The highest BCUT2D eigenvalue weighted by molar-refractivity contribution is 5.76. The van der Waals surface area contributed by atoms with Crippen LogP contribution in [-0.2, 0) is 23.8 Å². The smallest absolute Gasteiger partial charge is 0.305 e.